The molecule has 31 heavy (non-hydrogen) atoms. The third kappa shape index (κ3) is 4.85. The zero-order valence-electron chi connectivity index (χ0n) is 16.7. The SMILES string of the molecule is CCOc1cc(C2CC(=O)Nc3ncnn32)ccc1OCC(=O)Nc1ccc(Br)cc1. The average molecular weight is 486 g/mol. The Kier molecular flexibility index (Phi) is 6.17. The molecule has 0 spiro atoms. The van der Waals surface area contributed by atoms with E-state index in [-0.39, 0.29) is 30.9 Å². The van der Waals surface area contributed by atoms with Crippen LogP contribution >= 0.6 is 15.9 Å². The molecule has 2 amide bonds. The van der Waals surface area contributed by atoms with Gasteiger partial charge in [0.25, 0.3) is 5.91 Å². The van der Waals surface area contributed by atoms with Crippen LogP contribution in [0.15, 0.2) is 53.3 Å². The highest BCUT2D eigenvalue weighted by Gasteiger charge is 2.28. The van der Waals surface area contributed by atoms with Gasteiger partial charge in [-0.3, -0.25) is 14.9 Å². The number of aromatic nitrogens is 3. The Hall–Kier alpha value is -3.40. The lowest BCUT2D eigenvalue weighted by molar-refractivity contribution is -0.118. The van der Waals surface area contributed by atoms with Gasteiger partial charge in [-0.15, -0.1) is 0 Å². The minimum atomic E-state index is -0.305. The number of nitrogens with zero attached hydrogens (tertiary/aromatic N) is 3. The second-order valence-electron chi connectivity index (χ2n) is 6.78. The minimum absolute atomic E-state index is 0.131. The van der Waals surface area contributed by atoms with Crippen molar-refractivity contribution < 1.29 is 19.1 Å². The van der Waals surface area contributed by atoms with Gasteiger partial charge in [0, 0.05) is 10.2 Å². The van der Waals surface area contributed by atoms with Crippen LogP contribution in [-0.4, -0.2) is 39.8 Å². The molecular formula is C21H20BrN5O4. The van der Waals surface area contributed by atoms with Crippen LogP contribution in [0.1, 0.15) is 24.9 Å². The van der Waals surface area contributed by atoms with E-state index in [0.717, 1.165) is 10.0 Å². The number of nitrogens with one attached hydrogen (secondary N) is 2. The van der Waals surface area contributed by atoms with E-state index in [9.17, 15) is 9.59 Å². The first-order valence-electron chi connectivity index (χ1n) is 9.68. The van der Waals surface area contributed by atoms with E-state index in [4.69, 9.17) is 9.47 Å². The number of amides is 2. The third-order valence-electron chi connectivity index (χ3n) is 4.64. The number of fused-ring (bicyclic) bond motifs is 1. The molecule has 1 unspecified atom stereocenters. The van der Waals surface area contributed by atoms with Crippen LogP contribution < -0.4 is 20.1 Å². The first-order valence-corrected chi connectivity index (χ1v) is 10.5. The molecule has 2 heterocycles. The Morgan fingerprint density at radius 2 is 2.03 bits per heavy atom. The van der Waals surface area contributed by atoms with E-state index >= 15 is 0 Å². The van der Waals surface area contributed by atoms with Crippen molar-refractivity contribution in [3.8, 4) is 11.5 Å². The molecule has 1 aliphatic rings. The van der Waals surface area contributed by atoms with Crippen molar-refractivity contribution in [3.63, 3.8) is 0 Å². The summed E-state index contributed by atoms with van der Waals surface area (Å²) in [6.07, 6.45) is 1.64. The van der Waals surface area contributed by atoms with Crippen LogP contribution in [0.4, 0.5) is 11.6 Å². The Morgan fingerprint density at radius 1 is 1.23 bits per heavy atom. The Morgan fingerprint density at radius 3 is 2.81 bits per heavy atom. The molecule has 2 aromatic carbocycles. The summed E-state index contributed by atoms with van der Waals surface area (Å²) in [4.78, 5) is 28.3. The molecule has 0 radical (unpaired) electrons. The van der Waals surface area contributed by atoms with Crippen molar-refractivity contribution in [2.24, 2.45) is 0 Å². The predicted molar refractivity (Wildman–Crippen MR) is 117 cm³/mol. The normalized spacial score (nSPS) is 15.0. The summed E-state index contributed by atoms with van der Waals surface area (Å²) in [5.74, 6) is 0.919. The summed E-state index contributed by atoms with van der Waals surface area (Å²) in [6, 6.07) is 12.3. The van der Waals surface area contributed by atoms with Crippen LogP contribution in [0.5, 0.6) is 11.5 Å². The van der Waals surface area contributed by atoms with E-state index in [1.54, 1.807) is 28.9 Å². The van der Waals surface area contributed by atoms with Gasteiger partial charge in [-0.2, -0.15) is 10.1 Å². The lowest BCUT2D eigenvalue weighted by Crippen LogP contribution is -2.29. The van der Waals surface area contributed by atoms with Gasteiger partial charge in [-0.25, -0.2) is 4.68 Å². The van der Waals surface area contributed by atoms with Gasteiger partial charge in [0.1, 0.15) is 6.33 Å². The van der Waals surface area contributed by atoms with Crippen LogP contribution in [0, 0.1) is 0 Å². The quantitative estimate of drug-likeness (QED) is 0.530. The van der Waals surface area contributed by atoms with Crippen molar-refractivity contribution in [1.29, 1.82) is 0 Å². The summed E-state index contributed by atoms with van der Waals surface area (Å²) in [7, 11) is 0. The summed E-state index contributed by atoms with van der Waals surface area (Å²) in [5.41, 5.74) is 1.51. The van der Waals surface area contributed by atoms with Gasteiger partial charge >= 0.3 is 0 Å². The van der Waals surface area contributed by atoms with Crippen molar-refractivity contribution in [3.05, 3.63) is 58.8 Å². The molecule has 0 fully saturated rings. The molecule has 9 nitrogen and oxygen atoms in total. The fraction of sp³-hybridized carbons (Fsp3) is 0.238. The Bertz CT molecular complexity index is 1100. The summed E-state index contributed by atoms with van der Waals surface area (Å²) >= 11 is 3.36. The molecule has 4 rings (SSSR count). The van der Waals surface area contributed by atoms with Crippen molar-refractivity contribution in [2.45, 2.75) is 19.4 Å². The van der Waals surface area contributed by atoms with Gasteiger partial charge in [0.2, 0.25) is 11.9 Å². The van der Waals surface area contributed by atoms with E-state index in [0.29, 0.717) is 29.7 Å². The number of ether oxygens (including phenoxy) is 2. The van der Waals surface area contributed by atoms with E-state index in [1.807, 2.05) is 25.1 Å². The zero-order chi connectivity index (χ0) is 21.8. The van der Waals surface area contributed by atoms with E-state index in [1.165, 1.54) is 6.33 Å². The van der Waals surface area contributed by atoms with Gasteiger partial charge in [-0.1, -0.05) is 22.0 Å². The minimum Gasteiger partial charge on any atom is -0.490 e. The number of carbonyl (C=O) groups excluding carboxylic acids is 2. The van der Waals surface area contributed by atoms with Crippen LogP contribution in [0.3, 0.4) is 0 Å². The van der Waals surface area contributed by atoms with Gasteiger partial charge in [0.05, 0.1) is 19.1 Å². The average Bonchev–Trinajstić information content (AvgIpc) is 3.22. The Labute approximate surface area is 186 Å². The summed E-state index contributed by atoms with van der Waals surface area (Å²) < 4.78 is 14.0. The smallest absolute Gasteiger partial charge is 0.262 e. The number of rotatable bonds is 7. The number of hydrogen-bond donors (Lipinski definition) is 2. The number of anilines is 2. The van der Waals surface area contributed by atoms with Crippen LogP contribution in [0.2, 0.25) is 0 Å². The maximum absolute atomic E-state index is 12.2. The molecular weight excluding hydrogens is 466 g/mol. The number of carbonyl (C=O) groups is 2. The van der Waals surface area contributed by atoms with E-state index < -0.39 is 0 Å². The van der Waals surface area contributed by atoms with Crippen LogP contribution in [0.25, 0.3) is 0 Å². The van der Waals surface area contributed by atoms with Crippen molar-refractivity contribution in [1.82, 2.24) is 14.8 Å². The fourth-order valence-corrected chi connectivity index (χ4v) is 3.52. The fourth-order valence-electron chi connectivity index (χ4n) is 3.26. The topological polar surface area (TPSA) is 107 Å². The second kappa shape index (κ2) is 9.17. The first-order chi connectivity index (χ1) is 15.0. The van der Waals surface area contributed by atoms with Gasteiger partial charge in [-0.05, 0) is 48.9 Å². The molecule has 0 saturated heterocycles. The maximum atomic E-state index is 12.2. The number of halogens is 1. The molecule has 0 aliphatic carbocycles. The maximum Gasteiger partial charge on any atom is 0.262 e. The molecule has 1 aromatic heterocycles. The molecule has 0 bridgehead atoms. The molecule has 0 saturated carbocycles. The second-order valence-corrected chi connectivity index (χ2v) is 7.69. The van der Waals surface area contributed by atoms with Crippen LogP contribution in [-0.2, 0) is 9.59 Å². The van der Waals surface area contributed by atoms with Gasteiger partial charge in [0.15, 0.2) is 18.1 Å². The largest absolute Gasteiger partial charge is 0.490 e. The number of hydrogen-bond acceptors (Lipinski definition) is 6. The Balaban J connectivity index is 1.48. The van der Waals surface area contributed by atoms with Gasteiger partial charge < -0.3 is 14.8 Å². The monoisotopic (exact) mass is 485 g/mol. The molecule has 10 heteroatoms. The van der Waals surface area contributed by atoms with Crippen molar-refractivity contribution >= 4 is 39.4 Å². The summed E-state index contributed by atoms with van der Waals surface area (Å²) in [6.45, 7) is 2.11. The summed E-state index contributed by atoms with van der Waals surface area (Å²) in [5, 5.41) is 9.69. The molecule has 1 atom stereocenters. The lowest BCUT2D eigenvalue weighted by Gasteiger charge is -2.24. The molecule has 2 N–H and O–H groups in total. The molecule has 160 valence electrons. The molecule has 1 aliphatic heterocycles. The third-order valence-corrected chi connectivity index (χ3v) is 5.17. The highest BCUT2D eigenvalue weighted by Crippen LogP contribution is 2.35. The standard InChI is InChI=1S/C21H20BrN5O4/c1-2-30-18-9-13(16-10-19(28)26-21-23-12-24-27(16)21)3-8-17(18)31-11-20(29)25-15-6-4-14(22)5-7-15/h3-9,12,16H,2,10-11H2,1H3,(H,25,29)(H,23,24,26,28). The molecule has 3 aromatic rings. The lowest BCUT2D eigenvalue weighted by atomic mass is 10.0. The van der Waals surface area contributed by atoms with Crippen molar-refractivity contribution in [2.75, 3.05) is 23.8 Å². The number of benzene rings is 2. The zero-order valence-corrected chi connectivity index (χ0v) is 18.3. The highest BCUT2D eigenvalue weighted by molar-refractivity contribution is 9.10. The highest BCUT2D eigenvalue weighted by atomic mass is 79.9. The predicted octanol–water partition coefficient (Wildman–Crippen LogP) is 3.39. The van der Waals surface area contributed by atoms with E-state index in [2.05, 4.69) is 36.6 Å². The first kappa shape index (κ1) is 20.9.